The number of ether oxygens (including phenoxy) is 2. The van der Waals surface area contributed by atoms with E-state index in [9.17, 15) is 0 Å². The highest BCUT2D eigenvalue weighted by molar-refractivity contribution is 5.48. The number of nitrogens with one attached hydrogen (secondary N) is 2. The largest absolute Gasteiger partial charge is 0.380 e. The molecule has 1 aromatic heterocycles. The molecular weight excluding hydrogens is 268 g/mol. The van der Waals surface area contributed by atoms with Gasteiger partial charge in [0, 0.05) is 31.9 Å². The zero-order valence-electron chi connectivity index (χ0n) is 13.6. The quantitative estimate of drug-likeness (QED) is 0.654. The predicted molar refractivity (Wildman–Crippen MR) is 85.7 cm³/mol. The van der Waals surface area contributed by atoms with Crippen LogP contribution < -0.4 is 10.6 Å². The molecule has 0 aliphatic carbocycles. The van der Waals surface area contributed by atoms with E-state index < -0.39 is 0 Å². The number of rotatable bonds is 11. The molecule has 120 valence electrons. The lowest BCUT2D eigenvalue weighted by molar-refractivity contribution is 0.128. The Kier molecular flexibility index (Phi) is 8.69. The van der Waals surface area contributed by atoms with Crippen LogP contribution in [0.4, 0.5) is 11.6 Å². The molecule has 0 aliphatic rings. The molecule has 0 aliphatic heterocycles. The van der Waals surface area contributed by atoms with Crippen molar-refractivity contribution in [2.45, 2.75) is 46.8 Å². The molecule has 0 bridgehead atoms. The minimum atomic E-state index is 0.193. The first kappa shape index (κ1) is 17.7. The van der Waals surface area contributed by atoms with Crippen LogP contribution in [-0.2, 0) is 16.1 Å². The lowest BCUT2D eigenvalue weighted by Crippen LogP contribution is -2.23. The van der Waals surface area contributed by atoms with Crippen molar-refractivity contribution in [3.8, 4) is 0 Å². The first-order chi connectivity index (χ1) is 10.2. The van der Waals surface area contributed by atoms with E-state index in [-0.39, 0.29) is 6.04 Å². The second kappa shape index (κ2) is 10.3. The van der Waals surface area contributed by atoms with Gasteiger partial charge in [-0.05, 0) is 27.2 Å². The zero-order valence-corrected chi connectivity index (χ0v) is 13.6. The van der Waals surface area contributed by atoms with Crippen LogP contribution in [0.25, 0.3) is 0 Å². The predicted octanol–water partition coefficient (Wildman–Crippen LogP) is 2.67. The van der Waals surface area contributed by atoms with Crippen LogP contribution in [0.2, 0.25) is 0 Å². The van der Waals surface area contributed by atoms with Gasteiger partial charge in [-0.1, -0.05) is 6.92 Å². The summed E-state index contributed by atoms with van der Waals surface area (Å²) in [6.07, 6.45) is 1.05. The molecule has 6 nitrogen and oxygen atoms in total. The SMILES string of the molecule is CCCNc1cc(NC(C)COCC)nc(COCC)n1. The summed E-state index contributed by atoms with van der Waals surface area (Å²) in [6, 6.07) is 2.12. The second-order valence-corrected chi connectivity index (χ2v) is 4.82. The molecule has 0 aromatic carbocycles. The molecule has 1 heterocycles. The normalized spacial score (nSPS) is 12.2. The molecule has 1 atom stereocenters. The maximum absolute atomic E-state index is 5.41. The molecular formula is C15H28N4O2. The van der Waals surface area contributed by atoms with Crippen molar-refractivity contribution in [3.05, 3.63) is 11.9 Å². The lowest BCUT2D eigenvalue weighted by atomic mass is 10.3. The van der Waals surface area contributed by atoms with Crippen molar-refractivity contribution in [3.63, 3.8) is 0 Å². The Bertz CT molecular complexity index is 375. The minimum Gasteiger partial charge on any atom is -0.380 e. The molecule has 6 heteroatoms. The smallest absolute Gasteiger partial charge is 0.158 e. The van der Waals surface area contributed by atoms with Gasteiger partial charge in [-0.15, -0.1) is 0 Å². The van der Waals surface area contributed by atoms with Crippen LogP contribution in [0.15, 0.2) is 6.07 Å². The first-order valence-electron chi connectivity index (χ1n) is 7.73. The van der Waals surface area contributed by atoms with Gasteiger partial charge in [-0.25, -0.2) is 9.97 Å². The Balaban J connectivity index is 2.74. The molecule has 1 aromatic rings. The molecule has 21 heavy (non-hydrogen) atoms. The zero-order chi connectivity index (χ0) is 15.5. The maximum Gasteiger partial charge on any atom is 0.158 e. The fourth-order valence-electron chi connectivity index (χ4n) is 1.76. The molecule has 0 saturated carbocycles. The monoisotopic (exact) mass is 296 g/mol. The highest BCUT2D eigenvalue weighted by Gasteiger charge is 2.08. The maximum atomic E-state index is 5.41. The third-order valence-corrected chi connectivity index (χ3v) is 2.73. The number of anilines is 2. The van der Waals surface area contributed by atoms with Crippen molar-refractivity contribution in [2.75, 3.05) is 37.0 Å². The molecule has 2 N–H and O–H groups in total. The van der Waals surface area contributed by atoms with E-state index in [1.807, 2.05) is 19.9 Å². The summed E-state index contributed by atoms with van der Waals surface area (Å²) in [5.41, 5.74) is 0. The second-order valence-electron chi connectivity index (χ2n) is 4.82. The Hall–Kier alpha value is -1.40. The van der Waals surface area contributed by atoms with E-state index in [1.165, 1.54) is 0 Å². The summed E-state index contributed by atoms with van der Waals surface area (Å²) in [5.74, 6) is 2.31. The Morgan fingerprint density at radius 3 is 2.48 bits per heavy atom. The van der Waals surface area contributed by atoms with Crippen molar-refractivity contribution < 1.29 is 9.47 Å². The van der Waals surface area contributed by atoms with Gasteiger partial charge in [0.05, 0.1) is 6.61 Å². The third-order valence-electron chi connectivity index (χ3n) is 2.73. The van der Waals surface area contributed by atoms with Gasteiger partial charge in [-0.2, -0.15) is 0 Å². The van der Waals surface area contributed by atoms with E-state index in [2.05, 4.69) is 34.4 Å². The third kappa shape index (κ3) is 7.24. The van der Waals surface area contributed by atoms with Gasteiger partial charge in [0.2, 0.25) is 0 Å². The van der Waals surface area contributed by atoms with E-state index in [1.54, 1.807) is 0 Å². The molecule has 0 spiro atoms. The number of hydrogen-bond donors (Lipinski definition) is 2. The van der Waals surface area contributed by atoms with E-state index in [0.29, 0.717) is 32.3 Å². The standard InChI is InChI=1S/C15H28N4O2/c1-5-8-16-13-9-14(17-12(4)10-20-6-2)19-15(18-13)11-21-7-3/h9,12H,5-8,10-11H2,1-4H3,(H2,16,17,18,19). The van der Waals surface area contributed by atoms with E-state index in [4.69, 9.17) is 9.47 Å². The van der Waals surface area contributed by atoms with Crippen molar-refractivity contribution in [2.24, 2.45) is 0 Å². The lowest BCUT2D eigenvalue weighted by Gasteiger charge is -2.16. The highest BCUT2D eigenvalue weighted by atomic mass is 16.5. The highest BCUT2D eigenvalue weighted by Crippen LogP contribution is 2.13. The topological polar surface area (TPSA) is 68.3 Å². The van der Waals surface area contributed by atoms with Crippen LogP contribution in [0.5, 0.6) is 0 Å². The van der Waals surface area contributed by atoms with Crippen molar-refractivity contribution in [1.82, 2.24) is 9.97 Å². The van der Waals surface area contributed by atoms with Gasteiger partial charge in [0.25, 0.3) is 0 Å². The van der Waals surface area contributed by atoms with Crippen LogP contribution in [-0.4, -0.2) is 42.4 Å². The van der Waals surface area contributed by atoms with Crippen molar-refractivity contribution >= 4 is 11.6 Å². The Morgan fingerprint density at radius 2 is 1.81 bits per heavy atom. The molecule has 1 rings (SSSR count). The fourth-order valence-corrected chi connectivity index (χ4v) is 1.76. The van der Waals surface area contributed by atoms with Crippen LogP contribution >= 0.6 is 0 Å². The van der Waals surface area contributed by atoms with Gasteiger partial charge in [0.1, 0.15) is 18.2 Å². The van der Waals surface area contributed by atoms with Crippen molar-refractivity contribution in [1.29, 1.82) is 0 Å². The van der Waals surface area contributed by atoms with Gasteiger partial charge in [-0.3, -0.25) is 0 Å². The van der Waals surface area contributed by atoms with Crippen LogP contribution in [0.3, 0.4) is 0 Å². The summed E-state index contributed by atoms with van der Waals surface area (Å²) in [7, 11) is 0. The van der Waals surface area contributed by atoms with Crippen LogP contribution in [0, 0.1) is 0 Å². The summed E-state index contributed by atoms with van der Waals surface area (Å²) in [4.78, 5) is 8.94. The molecule has 1 unspecified atom stereocenters. The number of hydrogen-bond acceptors (Lipinski definition) is 6. The number of nitrogens with zero attached hydrogens (tertiary/aromatic N) is 2. The number of aromatic nitrogens is 2. The molecule has 0 fully saturated rings. The molecule has 0 radical (unpaired) electrons. The van der Waals surface area contributed by atoms with E-state index >= 15 is 0 Å². The van der Waals surface area contributed by atoms with Gasteiger partial charge >= 0.3 is 0 Å². The average Bonchev–Trinajstić information content (AvgIpc) is 2.48. The summed E-state index contributed by atoms with van der Waals surface area (Å²) < 4.78 is 10.8. The molecule has 0 amide bonds. The Morgan fingerprint density at radius 1 is 1.10 bits per heavy atom. The minimum absolute atomic E-state index is 0.193. The first-order valence-corrected chi connectivity index (χ1v) is 7.73. The van der Waals surface area contributed by atoms with E-state index in [0.717, 1.165) is 24.6 Å². The average molecular weight is 296 g/mol. The Labute approximate surface area is 127 Å². The molecule has 0 saturated heterocycles. The summed E-state index contributed by atoms with van der Waals surface area (Å²) in [6.45, 7) is 11.5. The van der Waals surface area contributed by atoms with Gasteiger partial charge in [0.15, 0.2) is 5.82 Å². The van der Waals surface area contributed by atoms with Crippen LogP contribution in [0.1, 0.15) is 39.9 Å². The fraction of sp³-hybridized carbons (Fsp3) is 0.733. The summed E-state index contributed by atoms with van der Waals surface area (Å²) in [5, 5.41) is 6.63. The summed E-state index contributed by atoms with van der Waals surface area (Å²) >= 11 is 0. The van der Waals surface area contributed by atoms with Gasteiger partial charge < -0.3 is 20.1 Å².